The second-order valence-electron chi connectivity index (χ2n) is 5.38. The lowest BCUT2D eigenvalue weighted by Crippen LogP contribution is -2.00. The monoisotopic (exact) mass is 350 g/mol. The average Bonchev–Trinajstić information content (AvgIpc) is 2.83. The Kier molecular flexibility index (Phi) is 4.00. The molecule has 3 rings (SSSR count). The van der Waals surface area contributed by atoms with Gasteiger partial charge in [0.15, 0.2) is 5.78 Å². The van der Waals surface area contributed by atoms with Crippen LogP contribution in [0.2, 0.25) is 0 Å². The zero-order chi connectivity index (χ0) is 15.7. The minimum atomic E-state index is 0.134. The van der Waals surface area contributed by atoms with Crippen LogP contribution in [0.4, 0.5) is 0 Å². The first-order valence-electron chi connectivity index (χ1n) is 7.23. The van der Waals surface area contributed by atoms with Gasteiger partial charge in [-0.25, -0.2) is 0 Å². The van der Waals surface area contributed by atoms with E-state index in [9.17, 15) is 4.79 Å². The van der Waals surface area contributed by atoms with Gasteiger partial charge in [0, 0.05) is 22.0 Å². The molecule has 0 aromatic heterocycles. The van der Waals surface area contributed by atoms with E-state index < -0.39 is 0 Å². The number of rotatable bonds is 4. The molecule has 1 aliphatic rings. The topological polar surface area (TPSA) is 17.1 Å². The maximum absolute atomic E-state index is 12.7. The Hall–Kier alpha value is -2.11. The number of unbranched alkanes of at least 4 members (excludes halogenated alkanes) is 1. The van der Waals surface area contributed by atoms with Crippen molar-refractivity contribution in [1.82, 2.24) is 0 Å². The molecule has 0 radical (unpaired) electrons. The molecule has 108 valence electrons. The molecule has 2 aromatic rings. The highest BCUT2D eigenvalue weighted by atomic mass is 79.9. The predicted molar refractivity (Wildman–Crippen MR) is 96.7 cm³/mol. The van der Waals surface area contributed by atoms with Gasteiger partial charge in [-0.3, -0.25) is 4.79 Å². The number of ketones is 1. The fraction of sp³-hybridized carbons (Fsp3) is 0.150. The second kappa shape index (κ2) is 5.94. The van der Waals surface area contributed by atoms with Crippen LogP contribution in [0.3, 0.4) is 0 Å². The van der Waals surface area contributed by atoms with Crippen molar-refractivity contribution >= 4 is 44.6 Å². The Labute approximate surface area is 138 Å². The number of Topliss-reactive ketones (excluding diaryl/α,β-unsaturated/α-hetero) is 1. The van der Waals surface area contributed by atoms with Gasteiger partial charge < -0.3 is 0 Å². The van der Waals surface area contributed by atoms with Crippen LogP contribution in [0.5, 0.6) is 0 Å². The fourth-order valence-corrected chi connectivity index (χ4v) is 3.32. The van der Waals surface area contributed by atoms with Crippen molar-refractivity contribution in [2.45, 2.75) is 19.3 Å². The van der Waals surface area contributed by atoms with Gasteiger partial charge in [0.2, 0.25) is 0 Å². The lowest BCUT2D eigenvalue weighted by molar-refractivity contribution is 0.103. The number of hydrogen-bond acceptors (Lipinski definition) is 1. The molecule has 1 nitrogen and oxygen atoms in total. The SMILES string of the molecule is C#CCCCC1=Cc2cc(C=C)c3cc(Br)ccc3c2C1=O. The summed E-state index contributed by atoms with van der Waals surface area (Å²) in [6.07, 6.45) is 11.4. The van der Waals surface area contributed by atoms with Gasteiger partial charge in [-0.1, -0.05) is 34.7 Å². The first kappa shape index (κ1) is 14.8. The van der Waals surface area contributed by atoms with Gasteiger partial charge >= 0.3 is 0 Å². The molecule has 0 spiro atoms. The van der Waals surface area contributed by atoms with Crippen molar-refractivity contribution in [3.63, 3.8) is 0 Å². The number of terminal acetylenes is 1. The van der Waals surface area contributed by atoms with Crippen LogP contribution in [0.1, 0.15) is 40.7 Å². The van der Waals surface area contributed by atoms with Gasteiger partial charge in [0.1, 0.15) is 0 Å². The Bertz CT molecular complexity index is 865. The lowest BCUT2D eigenvalue weighted by Gasteiger charge is -2.09. The number of carbonyl (C=O) groups excluding carboxylic acids is 1. The minimum Gasteiger partial charge on any atom is -0.289 e. The average molecular weight is 351 g/mol. The van der Waals surface area contributed by atoms with Gasteiger partial charge in [0.05, 0.1) is 0 Å². The summed E-state index contributed by atoms with van der Waals surface area (Å²) in [4.78, 5) is 12.7. The molecule has 0 bridgehead atoms. The molecule has 0 N–H and O–H groups in total. The van der Waals surface area contributed by atoms with E-state index in [-0.39, 0.29) is 5.78 Å². The Morgan fingerprint density at radius 1 is 1.27 bits per heavy atom. The third-order valence-corrected chi connectivity index (χ3v) is 4.49. The van der Waals surface area contributed by atoms with Crippen molar-refractivity contribution in [3.05, 3.63) is 57.6 Å². The zero-order valence-corrected chi connectivity index (χ0v) is 13.7. The Morgan fingerprint density at radius 2 is 2.09 bits per heavy atom. The van der Waals surface area contributed by atoms with E-state index >= 15 is 0 Å². The summed E-state index contributed by atoms with van der Waals surface area (Å²) in [6.45, 7) is 3.89. The lowest BCUT2D eigenvalue weighted by atomic mass is 9.94. The molecule has 0 atom stereocenters. The van der Waals surface area contributed by atoms with Crippen LogP contribution >= 0.6 is 15.9 Å². The molecule has 2 heteroatoms. The summed E-state index contributed by atoms with van der Waals surface area (Å²) in [5.41, 5.74) is 3.70. The molecule has 0 saturated heterocycles. The maximum atomic E-state index is 12.7. The minimum absolute atomic E-state index is 0.134. The fourth-order valence-electron chi connectivity index (χ4n) is 2.96. The predicted octanol–water partition coefficient (Wildman–Crippen LogP) is 5.63. The maximum Gasteiger partial charge on any atom is 0.190 e. The van der Waals surface area contributed by atoms with Crippen LogP contribution in [-0.4, -0.2) is 5.78 Å². The van der Waals surface area contributed by atoms with Gasteiger partial charge in [-0.05, 0) is 59.0 Å². The van der Waals surface area contributed by atoms with E-state index in [0.717, 1.165) is 50.4 Å². The molecule has 1 aliphatic carbocycles. The first-order valence-corrected chi connectivity index (χ1v) is 8.02. The Balaban J connectivity index is 2.13. The van der Waals surface area contributed by atoms with E-state index in [4.69, 9.17) is 6.42 Å². The normalized spacial score (nSPS) is 12.9. The number of halogens is 1. The molecule has 0 amide bonds. The van der Waals surface area contributed by atoms with Crippen LogP contribution in [0.15, 0.2) is 40.9 Å². The van der Waals surface area contributed by atoms with E-state index in [1.807, 2.05) is 36.4 Å². The molecular weight excluding hydrogens is 336 g/mol. The Morgan fingerprint density at radius 3 is 2.82 bits per heavy atom. The zero-order valence-electron chi connectivity index (χ0n) is 12.2. The van der Waals surface area contributed by atoms with Crippen LogP contribution in [-0.2, 0) is 0 Å². The highest BCUT2D eigenvalue weighted by molar-refractivity contribution is 9.10. The molecule has 2 aromatic carbocycles. The van der Waals surface area contributed by atoms with E-state index in [1.54, 1.807) is 0 Å². The van der Waals surface area contributed by atoms with Gasteiger partial charge in [0.25, 0.3) is 0 Å². The van der Waals surface area contributed by atoms with E-state index in [1.165, 1.54) is 0 Å². The van der Waals surface area contributed by atoms with Crippen molar-refractivity contribution in [3.8, 4) is 12.3 Å². The van der Waals surface area contributed by atoms with E-state index in [2.05, 4.69) is 28.4 Å². The molecule has 0 unspecified atom stereocenters. The molecule has 0 fully saturated rings. The van der Waals surface area contributed by atoms with Crippen molar-refractivity contribution in [1.29, 1.82) is 0 Å². The summed E-state index contributed by atoms with van der Waals surface area (Å²) < 4.78 is 0.996. The highest BCUT2D eigenvalue weighted by Crippen LogP contribution is 2.37. The highest BCUT2D eigenvalue weighted by Gasteiger charge is 2.25. The number of allylic oxidation sites excluding steroid dienone is 1. The summed E-state index contributed by atoms with van der Waals surface area (Å²) in [5.74, 6) is 2.76. The van der Waals surface area contributed by atoms with Gasteiger partial charge in [-0.15, -0.1) is 12.3 Å². The van der Waals surface area contributed by atoms with Gasteiger partial charge in [-0.2, -0.15) is 0 Å². The third-order valence-electron chi connectivity index (χ3n) is 4.00. The number of fused-ring (bicyclic) bond motifs is 3. The standard InChI is InChI=1S/C20H15BrO/c1-3-5-6-7-14-11-15-10-13(4-2)18-12-16(21)8-9-17(18)19(15)20(14)22/h1,4,8-12H,2,5-7H2. The summed E-state index contributed by atoms with van der Waals surface area (Å²) in [5, 5.41) is 2.04. The first-order chi connectivity index (χ1) is 10.7. The molecule has 0 heterocycles. The molecule has 22 heavy (non-hydrogen) atoms. The van der Waals surface area contributed by atoms with Crippen molar-refractivity contribution in [2.75, 3.05) is 0 Å². The summed E-state index contributed by atoms with van der Waals surface area (Å²) in [7, 11) is 0. The second-order valence-corrected chi connectivity index (χ2v) is 6.30. The summed E-state index contributed by atoms with van der Waals surface area (Å²) >= 11 is 3.49. The van der Waals surface area contributed by atoms with Crippen LogP contribution in [0, 0.1) is 12.3 Å². The smallest absolute Gasteiger partial charge is 0.190 e. The quantitative estimate of drug-likeness (QED) is 0.515. The van der Waals surface area contributed by atoms with Crippen molar-refractivity contribution in [2.24, 2.45) is 0 Å². The molecule has 0 aliphatic heterocycles. The number of benzene rings is 2. The summed E-state index contributed by atoms with van der Waals surface area (Å²) in [6, 6.07) is 8.06. The number of hydrogen-bond donors (Lipinski definition) is 0. The molecule has 0 saturated carbocycles. The van der Waals surface area contributed by atoms with E-state index in [0.29, 0.717) is 6.42 Å². The molecular formula is C20H15BrO. The number of carbonyl (C=O) groups is 1. The van der Waals surface area contributed by atoms with Crippen LogP contribution in [0.25, 0.3) is 22.9 Å². The largest absolute Gasteiger partial charge is 0.289 e. The van der Waals surface area contributed by atoms with Crippen molar-refractivity contribution < 1.29 is 4.79 Å². The third kappa shape index (κ3) is 2.42. The van der Waals surface area contributed by atoms with Crippen LogP contribution < -0.4 is 0 Å².